The first-order valence-corrected chi connectivity index (χ1v) is 7.40. The van der Waals surface area contributed by atoms with Crippen molar-refractivity contribution in [1.29, 1.82) is 0 Å². The highest BCUT2D eigenvalue weighted by atomic mass is 16.7. The lowest BCUT2D eigenvalue weighted by Crippen LogP contribution is -2.62. The van der Waals surface area contributed by atoms with E-state index in [9.17, 15) is 25.5 Å². The van der Waals surface area contributed by atoms with Gasteiger partial charge < -0.3 is 50.0 Å². The second kappa shape index (κ2) is 7.66. The predicted octanol–water partition coefficient (Wildman–Crippen LogP) is -4.12. The molecule has 2 aliphatic rings. The zero-order valence-electron chi connectivity index (χ0n) is 12.5. The Hall–Kier alpha value is -0.400. The monoisotopic (exact) mass is 340 g/mol. The van der Waals surface area contributed by atoms with Crippen molar-refractivity contribution in [2.24, 2.45) is 5.92 Å². The van der Waals surface area contributed by atoms with Crippen molar-refractivity contribution in [3.8, 4) is 0 Å². The zero-order chi connectivity index (χ0) is 17.3. The summed E-state index contributed by atoms with van der Waals surface area (Å²) >= 11 is 0. The molecule has 2 heterocycles. The van der Waals surface area contributed by atoms with Gasteiger partial charge in [-0.05, 0) is 0 Å². The molecule has 0 aromatic rings. The highest BCUT2D eigenvalue weighted by Crippen LogP contribution is 2.31. The third-order valence-corrected chi connectivity index (χ3v) is 4.32. The van der Waals surface area contributed by atoms with E-state index in [-0.39, 0.29) is 0 Å². The lowest BCUT2D eigenvalue weighted by molar-refractivity contribution is -0.347. The summed E-state index contributed by atoms with van der Waals surface area (Å²) in [6.07, 6.45) is -12.1. The highest BCUT2D eigenvalue weighted by molar-refractivity contribution is 4.92. The molecule has 0 bridgehead atoms. The van der Waals surface area contributed by atoms with Gasteiger partial charge in [-0.1, -0.05) is 6.92 Å². The second-order valence-corrected chi connectivity index (χ2v) is 5.90. The molecule has 0 radical (unpaired) electrons. The lowest BCUT2D eigenvalue weighted by Gasteiger charge is -2.45. The molecular weight excluding hydrogens is 316 g/mol. The van der Waals surface area contributed by atoms with Crippen LogP contribution in [0.2, 0.25) is 0 Å². The van der Waals surface area contributed by atoms with E-state index >= 15 is 0 Å². The van der Waals surface area contributed by atoms with E-state index in [0.717, 1.165) is 0 Å². The molecule has 136 valence electrons. The van der Waals surface area contributed by atoms with Gasteiger partial charge in [0.2, 0.25) is 0 Å². The van der Waals surface area contributed by atoms with Gasteiger partial charge in [-0.15, -0.1) is 0 Å². The van der Waals surface area contributed by atoms with Gasteiger partial charge in [0.05, 0.1) is 19.3 Å². The quantitative estimate of drug-likeness (QED) is 0.267. The maximum absolute atomic E-state index is 10.2. The minimum Gasteiger partial charge on any atom is -0.394 e. The van der Waals surface area contributed by atoms with Crippen LogP contribution in [0.4, 0.5) is 0 Å². The van der Waals surface area contributed by atoms with Crippen LogP contribution in [0.5, 0.6) is 0 Å². The molecule has 2 aliphatic heterocycles. The molecular formula is C13H24O10. The van der Waals surface area contributed by atoms with E-state index < -0.39 is 74.4 Å². The van der Waals surface area contributed by atoms with Gasteiger partial charge in [-0.2, -0.15) is 0 Å². The van der Waals surface area contributed by atoms with Crippen LogP contribution in [0.3, 0.4) is 0 Å². The van der Waals surface area contributed by atoms with Crippen molar-refractivity contribution in [2.75, 3.05) is 13.2 Å². The Labute approximate surface area is 132 Å². The summed E-state index contributed by atoms with van der Waals surface area (Å²) in [5, 5.41) is 67.6. The van der Waals surface area contributed by atoms with E-state index in [1.165, 1.54) is 6.92 Å². The van der Waals surface area contributed by atoms with Crippen LogP contribution in [-0.4, -0.2) is 104 Å². The second-order valence-electron chi connectivity index (χ2n) is 5.90. The summed E-state index contributed by atoms with van der Waals surface area (Å²) in [4.78, 5) is 0. The Balaban J connectivity index is 2.11. The molecule has 0 spiro atoms. The summed E-state index contributed by atoms with van der Waals surface area (Å²) in [6, 6.07) is 0. The highest BCUT2D eigenvalue weighted by Gasteiger charge is 2.49. The molecule has 2 fully saturated rings. The van der Waals surface area contributed by atoms with E-state index in [4.69, 9.17) is 24.4 Å². The molecule has 2 saturated heterocycles. The summed E-state index contributed by atoms with van der Waals surface area (Å²) in [5.74, 6) is -0.722. The van der Waals surface area contributed by atoms with Crippen molar-refractivity contribution in [2.45, 2.75) is 62.2 Å². The van der Waals surface area contributed by atoms with Crippen LogP contribution in [0.25, 0.3) is 0 Å². The molecule has 10 heteroatoms. The predicted molar refractivity (Wildman–Crippen MR) is 71.8 cm³/mol. The molecule has 0 aromatic heterocycles. The lowest BCUT2D eigenvalue weighted by atomic mass is 9.92. The van der Waals surface area contributed by atoms with Crippen molar-refractivity contribution in [3.63, 3.8) is 0 Å². The molecule has 23 heavy (non-hydrogen) atoms. The maximum atomic E-state index is 10.2. The molecule has 0 amide bonds. The fourth-order valence-corrected chi connectivity index (χ4v) is 2.76. The van der Waals surface area contributed by atoms with Crippen molar-refractivity contribution < 1.29 is 50.0 Å². The zero-order valence-corrected chi connectivity index (χ0v) is 12.5. The van der Waals surface area contributed by atoms with Gasteiger partial charge in [0.15, 0.2) is 12.6 Å². The van der Waals surface area contributed by atoms with Crippen LogP contribution in [0.15, 0.2) is 0 Å². The molecule has 0 aliphatic carbocycles. The SMILES string of the molecule is CC1[C@@H](O[C@@H]2OC(CO)C(O)[C@H](O)C2O)C(O)C(CO)O[C@@H]1O. The Morgan fingerprint density at radius 1 is 0.783 bits per heavy atom. The minimum atomic E-state index is -1.63. The maximum Gasteiger partial charge on any atom is 0.187 e. The molecule has 2 rings (SSSR count). The smallest absolute Gasteiger partial charge is 0.187 e. The first-order valence-electron chi connectivity index (χ1n) is 7.40. The summed E-state index contributed by atoms with van der Waals surface area (Å²) < 4.78 is 15.7. The third-order valence-electron chi connectivity index (χ3n) is 4.32. The summed E-state index contributed by atoms with van der Waals surface area (Å²) in [7, 11) is 0. The number of hydrogen-bond donors (Lipinski definition) is 7. The Bertz CT molecular complexity index is 380. The third kappa shape index (κ3) is 3.66. The molecule has 6 unspecified atom stereocenters. The van der Waals surface area contributed by atoms with Gasteiger partial charge in [0, 0.05) is 5.92 Å². The van der Waals surface area contributed by atoms with Crippen LogP contribution >= 0.6 is 0 Å². The normalized spacial score (nSPS) is 51.7. The fourth-order valence-electron chi connectivity index (χ4n) is 2.76. The summed E-state index contributed by atoms with van der Waals surface area (Å²) in [6.45, 7) is 0.355. The first kappa shape index (κ1) is 18.9. The largest absolute Gasteiger partial charge is 0.394 e. The van der Waals surface area contributed by atoms with Crippen molar-refractivity contribution >= 4 is 0 Å². The number of ether oxygens (including phenoxy) is 3. The van der Waals surface area contributed by atoms with Gasteiger partial charge in [-0.3, -0.25) is 0 Å². The standard InChI is InChI=1S/C13H24O10/c1-4-11(8(17)6(3-15)21-12(4)20)23-13-10(19)9(18)7(16)5(2-14)22-13/h4-20H,2-3H2,1H3/t4?,5?,6?,7?,8?,9-,10?,11+,12-,13-/m0/s1. The van der Waals surface area contributed by atoms with Crippen molar-refractivity contribution in [1.82, 2.24) is 0 Å². The fraction of sp³-hybridized carbons (Fsp3) is 1.00. The van der Waals surface area contributed by atoms with E-state index in [2.05, 4.69) is 0 Å². The van der Waals surface area contributed by atoms with Crippen LogP contribution in [0, 0.1) is 5.92 Å². The molecule has 7 N–H and O–H groups in total. The van der Waals surface area contributed by atoms with Gasteiger partial charge >= 0.3 is 0 Å². The topological polar surface area (TPSA) is 169 Å². The van der Waals surface area contributed by atoms with Crippen molar-refractivity contribution in [3.05, 3.63) is 0 Å². The average molecular weight is 340 g/mol. The Kier molecular flexibility index (Phi) is 6.30. The average Bonchev–Trinajstić information content (AvgIpc) is 2.54. The molecule has 0 saturated carbocycles. The molecule has 10 atom stereocenters. The Morgan fingerprint density at radius 3 is 1.91 bits per heavy atom. The van der Waals surface area contributed by atoms with Gasteiger partial charge in [0.25, 0.3) is 0 Å². The molecule has 10 nitrogen and oxygen atoms in total. The Morgan fingerprint density at radius 2 is 1.35 bits per heavy atom. The number of aliphatic hydroxyl groups is 7. The van der Waals surface area contributed by atoms with E-state index in [0.29, 0.717) is 0 Å². The van der Waals surface area contributed by atoms with Crippen LogP contribution < -0.4 is 0 Å². The van der Waals surface area contributed by atoms with Gasteiger partial charge in [-0.25, -0.2) is 0 Å². The molecule has 0 aromatic carbocycles. The minimum absolute atomic E-state index is 0.556. The van der Waals surface area contributed by atoms with Crippen LogP contribution in [-0.2, 0) is 14.2 Å². The van der Waals surface area contributed by atoms with Crippen LogP contribution in [0.1, 0.15) is 6.92 Å². The van der Waals surface area contributed by atoms with Gasteiger partial charge in [0.1, 0.15) is 36.6 Å². The number of rotatable bonds is 4. The number of aliphatic hydroxyl groups excluding tert-OH is 7. The summed E-state index contributed by atoms with van der Waals surface area (Å²) in [5.41, 5.74) is 0. The van der Waals surface area contributed by atoms with E-state index in [1.807, 2.05) is 0 Å². The number of hydrogen-bond acceptors (Lipinski definition) is 10. The first-order chi connectivity index (χ1) is 10.8. The van der Waals surface area contributed by atoms with E-state index in [1.54, 1.807) is 0 Å².